The van der Waals surface area contributed by atoms with Crippen LogP contribution in [0.1, 0.15) is 25.3 Å². The Morgan fingerprint density at radius 2 is 1.74 bits per heavy atom. The van der Waals surface area contributed by atoms with Crippen molar-refractivity contribution < 1.29 is 9.59 Å². The molecule has 1 aliphatic carbocycles. The van der Waals surface area contributed by atoms with E-state index in [1.165, 1.54) is 6.92 Å². The molecule has 3 amide bonds. The normalized spacial score (nSPS) is 15.4. The second-order valence-corrected chi connectivity index (χ2v) is 4.81. The number of benzene rings is 1. The monoisotopic (exact) mass is 261 g/mol. The Morgan fingerprint density at radius 1 is 1.11 bits per heavy atom. The third kappa shape index (κ3) is 3.71. The fourth-order valence-electron chi connectivity index (χ4n) is 2.04. The number of carbonyl (C=O) groups excluding carboxylic acids is 2. The summed E-state index contributed by atoms with van der Waals surface area (Å²) < 4.78 is 0. The van der Waals surface area contributed by atoms with Crippen LogP contribution in [-0.2, 0) is 10.3 Å². The molecular formula is C14H19N3O2. The number of hydrogen-bond donors (Lipinski definition) is 3. The molecule has 0 unspecified atom stereocenters. The summed E-state index contributed by atoms with van der Waals surface area (Å²) in [7, 11) is 0. The number of rotatable bonds is 5. The third-order valence-electron chi connectivity index (χ3n) is 3.21. The Hall–Kier alpha value is -2.04. The van der Waals surface area contributed by atoms with Crippen LogP contribution in [0.3, 0.4) is 0 Å². The van der Waals surface area contributed by atoms with E-state index in [4.69, 9.17) is 0 Å². The Labute approximate surface area is 112 Å². The lowest BCUT2D eigenvalue weighted by Crippen LogP contribution is -2.44. The Morgan fingerprint density at radius 3 is 2.32 bits per heavy atom. The lowest BCUT2D eigenvalue weighted by molar-refractivity contribution is -0.118. The minimum atomic E-state index is -0.195. The van der Waals surface area contributed by atoms with Gasteiger partial charge in [-0.1, -0.05) is 30.3 Å². The van der Waals surface area contributed by atoms with Crippen LogP contribution in [0.2, 0.25) is 0 Å². The summed E-state index contributed by atoms with van der Waals surface area (Å²) in [5.74, 6) is -0.0924. The molecule has 5 heteroatoms. The summed E-state index contributed by atoms with van der Waals surface area (Å²) in [6.45, 7) is 2.33. The van der Waals surface area contributed by atoms with Gasteiger partial charge >= 0.3 is 6.03 Å². The molecule has 3 N–H and O–H groups in total. The zero-order chi connectivity index (χ0) is 13.7. The Balaban J connectivity index is 1.78. The molecule has 1 aliphatic rings. The highest BCUT2D eigenvalue weighted by Crippen LogP contribution is 2.45. The molecule has 102 valence electrons. The van der Waals surface area contributed by atoms with Gasteiger partial charge in [0.25, 0.3) is 0 Å². The van der Waals surface area contributed by atoms with Gasteiger partial charge in [-0.05, 0) is 18.4 Å². The topological polar surface area (TPSA) is 70.2 Å². The molecule has 0 aliphatic heterocycles. The van der Waals surface area contributed by atoms with E-state index in [0.29, 0.717) is 13.1 Å². The van der Waals surface area contributed by atoms with Crippen molar-refractivity contribution in [1.82, 2.24) is 16.0 Å². The molecule has 2 rings (SSSR count). The van der Waals surface area contributed by atoms with Crippen molar-refractivity contribution in [2.24, 2.45) is 0 Å². The van der Waals surface area contributed by atoms with Crippen molar-refractivity contribution in [3.05, 3.63) is 35.9 Å². The van der Waals surface area contributed by atoms with Crippen LogP contribution in [0, 0.1) is 0 Å². The summed E-state index contributed by atoms with van der Waals surface area (Å²) in [6.07, 6.45) is 1.94. The molecule has 5 nitrogen and oxygen atoms in total. The fourth-order valence-corrected chi connectivity index (χ4v) is 2.04. The van der Waals surface area contributed by atoms with Crippen molar-refractivity contribution in [2.45, 2.75) is 25.3 Å². The number of nitrogens with one attached hydrogen (secondary N) is 3. The first-order chi connectivity index (χ1) is 9.12. The van der Waals surface area contributed by atoms with E-state index in [2.05, 4.69) is 16.0 Å². The standard InChI is InChI=1S/C14H19N3O2/c1-11(18)15-9-10-16-13(19)17-14(7-8-14)12-5-3-2-4-6-12/h2-6H,7-10H2,1H3,(H,15,18)(H2,16,17,19). The molecule has 1 aromatic carbocycles. The average molecular weight is 261 g/mol. The summed E-state index contributed by atoms with van der Waals surface area (Å²) >= 11 is 0. The molecule has 1 fully saturated rings. The van der Waals surface area contributed by atoms with Gasteiger partial charge in [0, 0.05) is 20.0 Å². The predicted molar refractivity (Wildman–Crippen MR) is 72.6 cm³/mol. The van der Waals surface area contributed by atoms with Gasteiger partial charge in [0.15, 0.2) is 0 Å². The van der Waals surface area contributed by atoms with Crippen LogP contribution >= 0.6 is 0 Å². The number of carbonyl (C=O) groups is 2. The highest BCUT2D eigenvalue weighted by Gasteiger charge is 2.45. The van der Waals surface area contributed by atoms with Crippen molar-refractivity contribution in [1.29, 1.82) is 0 Å². The first-order valence-electron chi connectivity index (χ1n) is 6.48. The van der Waals surface area contributed by atoms with Crippen molar-refractivity contribution in [3.8, 4) is 0 Å². The van der Waals surface area contributed by atoms with E-state index < -0.39 is 0 Å². The second-order valence-electron chi connectivity index (χ2n) is 4.81. The van der Waals surface area contributed by atoms with Gasteiger partial charge in [0.05, 0.1) is 5.54 Å². The molecule has 0 radical (unpaired) electrons. The van der Waals surface area contributed by atoms with Gasteiger partial charge in [0.1, 0.15) is 0 Å². The number of urea groups is 1. The first-order valence-corrected chi connectivity index (χ1v) is 6.48. The molecule has 1 saturated carbocycles. The largest absolute Gasteiger partial charge is 0.355 e. The van der Waals surface area contributed by atoms with Gasteiger partial charge < -0.3 is 16.0 Å². The molecule has 0 bridgehead atoms. The predicted octanol–water partition coefficient (Wildman–Crippen LogP) is 1.11. The van der Waals surface area contributed by atoms with Crippen LogP contribution in [0.15, 0.2) is 30.3 Å². The van der Waals surface area contributed by atoms with Gasteiger partial charge in [-0.2, -0.15) is 0 Å². The maximum atomic E-state index is 11.8. The van der Waals surface area contributed by atoms with Crippen molar-refractivity contribution in [2.75, 3.05) is 13.1 Å². The minimum Gasteiger partial charge on any atom is -0.355 e. The summed E-state index contributed by atoms with van der Waals surface area (Å²) in [5, 5.41) is 8.38. The van der Waals surface area contributed by atoms with E-state index in [9.17, 15) is 9.59 Å². The molecule has 0 saturated heterocycles. The smallest absolute Gasteiger partial charge is 0.315 e. The molecule has 1 aromatic rings. The van der Waals surface area contributed by atoms with E-state index in [-0.39, 0.29) is 17.5 Å². The highest BCUT2D eigenvalue weighted by atomic mass is 16.2. The summed E-state index contributed by atoms with van der Waals surface area (Å²) in [4.78, 5) is 22.5. The van der Waals surface area contributed by atoms with Gasteiger partial charge in [-0.3, -0.25) is 4.79 Å². The van der Waals surface area contributed by atoms with Crippen LogP contribution in [0.4, 0.5) is 4.79 Å². The number of amides is 3. The molecule has 0 spiro atoms. The highest BCUT2D eigenvalue weighted by molar-refractivity contribution is 5.76. The minimum absolute atomic E-state index is 0.0924. The van der Waals surface area contributed by atoms with Crippen LogP contribution < -0.4 is 16.0 Å². The maximum Gasteiger partial charge on any atom is 0.315 e. The SMILES string of the molecule is CC(=O)NCCNC(=O)NC1(c2ccccc2)CC1. The zero-order valence-electron chi connectivity index (χ0n) is 11.0. The van der Waals surface area contributed by atoms with Crippen molar-refractivity contribution >= 4 is 11.9 Å². The second kappa shape index (κ2) is 5.73. The van der Waals surface area contributed by atoms with Gasteiger partial charge in [-0.25, -0.2) is 4.79 Å². The van der Waals surface area contributed by atoms with E-state index >= 15 is 0 Å². The van der Waals surface area contributed by atoms with E-state index in [1.54, 1.807) is 0 Å². The Bertz CT molecular complexity index is 455. The third-order valence-corrected chi connectivity index (χ3v) is 3.21. The van der Waals surface area contributed by atoms with Crippen LogP contribution in [0.5, 0.6) is 0 Å². The number of hydrogen-bond acceptors (Lipinski definition) is 2. The fraction of sp³-hybridized carbons (Fsp3) is 0.429. The molecular weight excluding hydrogens is 242 g/mol. The lowest BCUT2D eigenvalue weighted by Gasteiger charge is -2.18. The van der Waals surface area contributed by atoms with Crippen LogP contribution in [0.25, 0.3) is 0 Å². The summed E-state index contributed by atoms with van der Waals surface area (Å²) in [5.41, 5.74) is 0.950. The average Bonchev–Trinajstić information content (AvgIpc) is 3.16. The van der Waals surface area contributed by atoms with Crippen molar-refractivity contribution in [3.63, 3.8) is 0 Å². The molecule has 0 heterocycles. The first kappa shape index (κ1) is 13.4. The zero-order valence-corrected chi connectivity index (χ0v) is 11.0. The maximum absolute atomic E-state index is 11.8. The quantitative estimate of drug-likeness (QED) is 0.695. The van der Waals surface area contributed by atoms with Gasteiger partial charge in [-0.15, -0.1) is 0 Å². The molecule has 0 aromatic heterocycles. The lowest BCUT2D eigenvalue weighted by atomic mass is 10.1. The van der Waals surface area contributed by atoms with Crippen LogP contribution in [-0.4, -0.2) is 25.0 Å². The van der Waals surface area contributed by atoms with E-state index in [0.717, 1.165) is 18.4 Å². The van der Waals surface area contributed by atoms with Gasteiger partial charge in [0.2, 0.25) is 5.91 Å². The molecule has 19 heavy (non-hydrogen) atoms. The van der Waals surface area contributed by atoms with E-state index in [1.807, 2.05) is 30.3 Å². The molecule has 0 atom stereocenters. The summed E-state index contributed by atoms with van der Waals surface area (Å²) in [6, 6.07) is 9.80. The Kier molecular flexibility index (Phi) is 4.04.